The number of hydrogen-bond acceptors (Lipinski definition) is 4. The van der Waals surface area contributed by atoms with Crippen molar-refractivity contribution < 1.29 is 19.1 Å². The van der Waals surface area contributed by atoms with E-state index in [1.54, 1.807) is 0 Å². The Hall–Kier alpha value is -1.32. The minimum Gasteiger partial charge on any atom is -0.460 e. The van der Waals surface area contributed by atoms with Gasteiger partial charge in [-0.2, -0.15) is 0 Å². The first-order valence-corrected chi connectivity index (χ1v) is 4.64. The molecule has 14 heavy (non-hydrogen) atoms. The van der Waals surface area contributed by atoms with Crippen molar-refractivity contribution in [2.24, 2.45) is 11.8 Å². The van der Waals surface area contributed by atoms with Gasteiger partial charge in [0.1, 0.15) is 12.2 Å². The second-order valence-electron chi connectivity index (χ2n) is 3.81. The molecule has 0 N–H and O–H groups in total. The zero-order valence-electron chi connectivity index (χ0n) is 7.88. The zero-order chi connectivity index (χ0) is 10.1. The van der Waals surface area contributed by atoms with E-state index in [1.165, 1.54) is 5.57 Å². The molecule has 0 aromatic rings. The molecular formula is C10H12O4. The molecule has 2 aliphatic rings. The lowest BCUT2D eigenvalue weighted by Crippen LogP contribution is -2.36. The lowest BCUT2D eigenvalue weighted by atomic mass is 9.95. The van der Waals surface area contributed by atoms with Gasteiger partial charge in [0.25, 0.3) is 12.9 Å². The van der Waals surface area contributed by atoms with Crippen LogP contribution in [-0.4, -0.2) is 25.2 Å². The van der Waals surface area contributed by atoms with E-state index in [9.17, 15) is 9.59 Å². The molecule has 0 heterocycles. The average molecular weight is 196 g/mol. The molecule has 0 radical (unpaired) electrons. The Kier molecular flexibility index (Phi) is 2.27. The van der Waals surface area contributed by atoms with Gasteiger partial charge in [-0.25, -0.2) is 0 Å². The minimum absolute atomic E-state index is 0.218. The lowest BCUT2D eigenvalue weighted by Gasteiger charge is -2.26. The molecular weight excluding hydrogens is 184 g/mol. The summed E-state index contributed by atoms with van der Waals surface area (Å²) < 4.78 is 9.91. The van der Waals surface area contributed by atoms with Gasteiger partial charge in [0, 0.05) is 11.8 Å². The quantitative estimate of drug-likeness (QED) is 0.489. The third kappa shape index (κ3) is 1.22. The molecule has 0 amide bonds. The molecule has 0 aromatic heterocycles. The Labute approximate surface area is 81.9 Å². The molecule has 2 aliphatic carbocycles. The van der Waals surface area contributed by atoms with E-state index in [4.69, 9.17) is 9.47 Å². The summed E-state index contributed by atoms with van der Waals surface area (Å²) in [6.45, 7) is 2.87. The van der Waals surface area contributed by atoms with E-state index >= 15 is 0 Å². The number of hydrogen-bond donors (Lipinski definition) is 0. The summed E-state index contributed by atoms with van der Waals surface area (Å²) in [6.07, 6.45) is 2.45. The predicted molar refractivity (Wildman–Crippen MR) is 47.2 cm³/mol. The molecule has 0 aromatic carbocycles. The number of fused-ring (bicyclic) bond motifs is 2. The summed E-state index contributed by atoms with van der Waals surface area (Å²) in [7, 11) is 0. The van der Waals surface area contributed by atoms with Gasteiger partial charge in [-0.1, -0.05) is 11.6 Å². The smallest absolute Gasteiger partial charge is 0.293 e. The van der Waals surface area contributed by atoms with E-state index in [1.807, 2.05) is 6.92 Å². The molecule has 4 unspecified atom stereocenters. The van der Waals surface area contributed by atoms with Crippen molar-refractivity contribution in [2.75, 3.05) is 0 Å². The Morgan fingerprint density at radius 2 is 1.93 bits per heavy atom. The molecule has 0 aliphatic heterocycles. The van der Waals surface area contributed by atoms with Crippen molar-refractivity contribution in [3.63, 3.8) is 0 Å². The van der Waals surface area contributed by atoms with Gasteiger partial charge < -0.3 is 9.47 Å². The largest absolute Gasteiger partial charge is 0.460 e. The van der Waals surface area contributed by atoms with Gasteiger partial charge in [-0.15, -0.1) is 0 Å². The Morgan fingerprint density at radius 1 is 1.29 bits per heavy atom. The predicted octanol–water partition coefficient (Wildman–Crippen LogP) is 0.666. The first-order valence-electron chi connectivity index (χ1n) is 4.64. The third-order valence-electron chi connectivity index (χ3n) is 3.16. The normalized spacial score (nSPS) is 39.1. The fourth-order valence-corrected chi connectivity index (χ4v) is 2.58. The van der Waals surface area contributed by atoms with Crippen LogP contribution >= 0.6 is 0 Å². The summed E-state index contributed by atoms with van der Waals surface area (Å²) in [5.41, 5.74) is 1.23. The number of carbonyl (C=O) groups excluding carboxylic acids is 2. The van der Waals surface area contributed by atoms with E-state index in [0.29, 0.717) is 12.9 Å². The summed E-state index contributed by atoms with van der Waals surface area (Å²) in [5.74, 6) is 0.449. The average Bonchev–Trinajstić information content (AvgIpc) is 2.66. The number of carbonyl (C=O) groups is 2. The van der Waals surface area contributed by atoms with E-state index in [2.05, 4.69) is 6.08 Å². The van der Waals surface area contributed by atoms with Gasteiger partial charge in [0.05, 0.1) is 0 Å². The molecule has 4 atom stereocenters. The first kappa shape index (κ1) is 9.24. The van der Waals surface area contributed by atoms with Crippen LogP contribution in [0.1, 0.15) is 13.3 Å². The summed E-state index contributed by atoms with van der Waals surface area (Å²) in [6, 6.07) is 0. The van der Waals surface area contributed by atoms with Crippen LogP contribution in [0.15, 0.2) is 11.6 Å². The second-order valence-corrected chi connectivity index (χ2v) is 3.81. The monoisotopic (exact) mass is 196 g/mol. The topological polar surface area (TPSA) is 52.6 Å². The van der Waals surface area contributed by atoms with Gasteiger partial charge in [-0.3, -0.25) is 9.59 Å². The highest BCUT2D eigenvalue weighted by Crippen LogP contribution is 2.46. The highest BCUT2D eigenvalue weighted by atomic mass is 16.6. The molecule has 0 spiro atoms. The van der Waals surface area contributed by atoms with Crippen LogP contribution in [0.25, 0.3) is 0 Å². The minimum atomic E-state index is -0.286. The Morgan fingerprint density at radius 3 is 2.57 bits per heavy atom. The van der Waals surface area contributed by atoms with Gasteiger partial charge in [0.15, 0.2) is 0 Å². The van der Waals surface area contributed by atoms with Crippen molar-refractivity contribution >= 4 is 12.9 Å². The molecule has 0 saturated heterocycles. The molecule has 4 heteroatoms. The van der Waals surface area contributed by atoms with Crippen molar-refractivity contribution in [3.8, 4) is 0 Å². The molecule has 4 nitrogen and oxygen atoms in total. The number of ether oxygens (including phenoxy) is 2. The maximum Gasteiger partial charge on any atom is 0.293 e. The summed E-state index contributed by atoms with van der Waals surface area (Å²) >= 11 is 0. The van der Waals surface area contributed by atoms with Gasteiger partial charge in [-0.05, 0) is 13.3 Å². The van der Waals surface area contributed by atoms with E-state index < -0.39 is 0 Å². The molecule has 2 bridgehead atoms. The highest BCUT2D eigenvalue weighted by Gasteiger charge is 2.50. The summed E-state index contributed by atoms with van der Waals surface area (Å²) in [4.78, 5) is 20.6. The van der Waals surface area contributed by atoms with Crippen LogP contribution in [-0.2, 0) is 19.1 Å². The van der Waals surface area contributed by atoms with Crippen LogP contribution in [0.5, 0.6) is 0 Å². The molecule has 1 saturated carbocycles. The molecule has 2 rings (SSSR count). The van der Waals surface area contributed by atoms with Crippen LogP contribution < -0.4 is 0 Å². The summed E-state index contributed by atoms with van der Waals surface area (Å²) in [5, 5.41) is 0. The van der Waals surface area contributed by atoms with E-state index in [-0.39, 0.29) is 24.0 Å². The van der Waals surface area contributed by atoms with Crippen LogP contribution in [0.3, 0.4) is 0 Å². The van der Waals surface area contributed by atoms with Crippen molar-refractivity contribution in [2.45, 2.75) is 25.6 Å². The van der Waals surface area contributed by atoms with E-state index in [0.717, 1.165) is 6.42 Å². The van der Waals surface area contributed by atoms with Gasteiger partial charge in [0.2, 0.25) is 0 Å². The van der Waals surface area contributed by atoms with Crippen LogP contribution in [0.4, 0.5) is 0 Å². The first-order chi connectivity index (χ1) is 6.77. The maximum absolute atomic E-state index is 10.3. The van der Waals surface area contributed by atoms with Crippen molar-refractivity contribution in [1.82, 2.24) is 0 Å². The van der Waals surface area contributed by atoms with Crippen molar-refractivity contribution in [3.05, 3.63) is 11.6 Å². The SMILES string of the molecule is CC1=CC2CC1C(OC=O)C2OC=O. The van der Waals surface area contributed by atoms with Gasteiger partial charge >= 0.3 is 0 Å². The van der Waals surface area contributed by atoms with Crippen molar-refractivity contribution in [1.29, 1.82) is 0 Å². The fraction of sp³-hybridized carbons (Fsp3) is 0.600. The number of rotatable bonds is 4. The fourth-order valence-electron chi connectivity index (χ4n) is 2.58. The zero-order valence-corrected chi connectivity index (χ0v) is 7.88. The highest BCUT2D eigenvalue weighted by molar-refractivity contribution is 5.42. The Balaban J connectivity index is 2.16. The maximum atomic E-state index is 10.3. The lowest BCUT2D eigenvalue weighted by molar-refractivity contribution is -0.152. The van der Waals surface area contributed by atoms with Crippen LogP contribution in [0.2, 0.25) is 0 Å². The Bertz CT molecular complexity index is 284. The molecule has 1 fully saturated rings. The standard InChI is InChI=1S/C10H12O4/c1-6-2-7-3-8(6)10(14-5-12)9(7)13-4-11/h2,4-5,7-10H,3H2,1H3. The third-order valence-corrected chi connectivity index (χ3v) is 3.16. The molecule has 76 valence electrons. The van der Waals surface area contributed by atoms with Crippen LogP contribution in [0, 0.1) is 11.8 Å². The second kappa shape index (κ2) is 3.44.